The predicted molar refractivity (Wildman–Crippen MR) is 73.8 cm³/mol. The number of pyridine rings is 1. The van der Waals surface area contributed by atoms with E-state index in [0.717, 1.165) is 23.0 Å². The molecule has 0 saturated heterocycles. The Balaban J connectivity index is 2.28. The Morgan fingerprint density at radius 3 is 2.10 bits per heavy atom. The van der Waals surface area contributed by atoms with E-state index in [4.69, 9.17) is 5.84 Å². The molecule has 0 aliphatic carbocycles. The van der Waals surface area contributed by atoms with E-state index < -0.39 is 11.6 Å². The number of nitrogens with one attached hydrogen (secondary N) is 1. The maximum absolute atomic E-state index is 13.2. The number of hydrazine groups is 1. The molecular weight excluding hydrogens is 260 g/mol. The van der Waals surface area contributed by atoms with Crippen molar-refractivity contribution in [2.45, 2.75) is 26.3 Å². The average Bonchev–Trinajstić information content (AvgIpc) is 2.33. The Morgan fingerprint density at radius 1 is 1.05 bits per heavy atom. The highest BCUT2D eigenvalue weighted by molar-refractivity contribution is 5.27. The smallest absolute Gasteiger partial charge is 0.126 e. The Kier molecular flexibility index (Phi) is 4.42. The standard InChI is InChI=1S/C15H17F2N3/c1-9-3-12(4-10(2)19-9)15(20-18)7-11-5-13(16)8-14(17)6-11/h3-6,8,15,20H,7,18H2,1-2H3. The van der Waals surface area contributed by atoms with Gasteiger partial charge < -0.3 is 0 Å². The fourth-order valence-corrected chi connectivity index (χ4v) is 2.31. The van der Waals surface area contributed by atoms with E-state index >= 15 is 0 Å². The van der Waals surface area contributed by atoms with Crippen LogP contribution in [0.4, 0.5) is 8.78 Å². The molecule has 0 aliphatic rings. The number of aryl methyl sites for hydroxylation is 2. The summed E-state index contributed by atoms with van der Waals surface area (Å²) in [5, 5.41) is 0. The SMILES string of the molecule is Cc1cc(C(Cc2cc(F)cc(F)c2)NN)cc(C)n1. The zero-order valence-corrected chi connectivity index (χ0v) is 11.5. The van der Waals surface area contributed by atoms with E-state index in [-0.39, 0.29) is 6.04 Å². The van der Waals surface area contributed by atoms with Crippen molar-refractivity contribution in [3.8, 4) is 0 Å². The number of benzene rings is 1. The number of hydrogen-bond donors (Lipinski definition) is 2. The van der Waals surface area contributed by atoms with Crippen LogP contribution in [0.25, 0.3) is 0 Å². The first-order chi connectivity index (χ1) is 9.47. The van der Waals surface area contributed by atoms with E-state index in [1.54, 1.807) is 0 Å². The van der Waals surface area contributed by atoms with Crippen molar-refractivity contribution < 1.29 is 8.78 Å². The van der Waals surface area contributed by atoms with Gasteiger partial charge in [0.05, 0.1) is 6.04 Å². The first-order valence-corrected chi connectivity index (χ1v) is 6.34. The van der Waals surface area contributed by atoms with E-state index in [9.17, 15) is 8.78 Å². The minimum Gasteiger partial charge on any atom is -0.271 e. The van der Waals surface area contributed by atoms with Crippen LogP contribution in [0.1, 0.15) is 28.6 Å². The van der Waals surface area contributed by atoms with Crippen molar-refractivity contribution >= 4 is 0 Å². The second-order valence-electron chi connectivity index (χ2n) is 4.88. The molecule has 0 saturated carbocycles. The van der Waals surface area contributed by atoms with Gasteiger partial charge in [-0.3, -0.25) is 16.3 Å². The van der Waals surface area contributed by atoms with Gasteiger partial charge in [-0.05, 0) is 55.7 Å². The molecule has 2 aromatic rings. The van der Waals surface area contributed by atoms with Gasteiger partial charge in [-0.1, -0.05) is 0 Å². The van der Waals surface area contributed by atoms with Crippen LogP contribution in [-0.2, 0) is 6.42 Å². The largest absolute Gasteiger partial charge is 0.271 e. The summed E-state index contributed by atoms with van der Waals surface area (Å²) >= 11 is 0. The lowest BCUT2D eigenvalue weighted by atomic mass is 9.98. The first-order valence-electron chi connectivity index (χ1n) is 6.34. The monoisotopic (exact) mass is 277 g/mol. The molecule has 0 radical (unpaired) electrons. The van der Waals surface area contributed by atoms with Gasteiger partial charge in [0.25, 0.3) is 0 Å². The minimum absolute atomic E-state index is 0.225. The van der Waals surface area contributed by atoms with Crippen LogP contribution in [-0.4, -0.2) is 4.98 Å². The topological polar surface area (TPSA) is 50.9 Å². The molecule has 20 heavy (non-hydrogen) atoms. The summed E-state index contributed by atoms with van der Waals surface area (Å²) in [6.45, 7) is 3.79. The van der Waals surface area contributed by atoms with E-state index in [1.807, 2.05) is 26.0 Å². The molecule has 0 bridgehead atoms. The Labute approximate surface area is 116 Å². The van der Waals surface area contributed by atoms with Crippen LogP contribution < -0.4 is 11.3 Å². The molecule has 3 nitrogen and oxygen atoms in total. The lowest BCUT2D eigenvalue weighted by Crippen LogP contribution is -2.29. The zero-order chi connectivity index (χ0) is 14.7. The summed E-state index contributed by atoms with van der Waals surface area (Å²) in [4.78, 5) is 4.30. The summed E-state index contributed by atoms with van der Waals surface area (Å²) in [6.07, 6.45) is 0.397. The molecule has 1 unspecified atom stereocenters. The van der Waals surface area contributed by atoms with Gasteiger partial charge in [0.15, 0.2) is 0 Å². The van der Waals surface area contributed by atoms with Crippen molar-refractivity contribution in [3.63, 3.8) is 0 Å². The molecule has 106 valence electrons. The maximum Gasteiger partial charge on any atom is 0.126 e. The van der Waals surface area contributed by atoms with Gasteiger partial charge in [0.2, 0.25) is 0 Å². The Morgan fingerprint density at radius 2 is 1.60 bits per heavy atom. The van der Waals surface area contributed by atoms with Crippen LogP contribution in [0.3, 0.4) is 0 Å². The van der Waals surface area contributed by atoms with Crippen LogP contribution in [0.15, 0.2) is 30.3 Å². The molecule has 5 heteroatoms. The Bertz CT molecular complexity index is 574. The van der Waals surface area contributed by atoms with Crippen molar-refractivity contribution in [1.82, 2.24) is 10.4 Å². The van der Waals surface area contributed by atoms with Crippen molar-refractivity contribution in [3.05, 3.63) is 64.5 Å². The summed E-state index contributed by atoms with van der Waals surface area (Å²) in [7, 11) is 0. The number of hydrogen-bond acceptors (Lipinski definition) is 3. The predicted octanol–water partition coefficient (Wildman–Crippen LogP) is 2.72. The molecule has 2 rings (SSSR count). The fourth-order valence-electron chi connectivity index (χ4n) is 2.31. The van der Waals surface area contributed by atoms with Gasteiger partial charge in [-0.2, -0.15) is 0 Å². The second kappa shape index (κ2) is 6.07. The van der Waals surface area contributed by atoms with Gasteiger partial charge in [0, 0.05) is 17.5 Å². The van der Waals surface area contributed by atoms with Crippen LogP contribution >= 0.6 is 0 Å². The summed E-state index contributed by atoms with van der Waals surface area (Å²) in [6, 6.07) is 7.08. The van der Waals surface area contributed by atoms with Crippen molar-refractivity contribution in [2.24, 2.45) is 5.84 Å². The quantitative estimate of drug-likeness (QED) is 0.667. The average molecular weight is 277 g/mol. The number of rotatable bonds is 4. The molecule has 0 aliphatic heterocycles. The van der Waals surface area contributed by atoms with Gasteiger partial charge in [0.1, 0.15) is 11.6 Å². The maximum atomic E-state index is 13.2. The molecule has 0 fully saturated rings. The molecule has 3 N–H and O–H groups in total. The summed E-state index contributed by atoms with van der Waals surface area (Å²) in [5.41, 5.74) is 5.95. The van der Waals surface area contributed by atoms with Crippen LogP contribution in [0.5, 0.6) is 0 Å². The molecule has 1 aromatic carbocycles. The van der Waals surface area contributed by atoms with E-state index in [2.05, 4.69) is 10.4 Å². The van der Waals surface area contributed by atoms with Crippen molar-refractivity contribution in [2.75, 3.05) is 0 Å². The van der Waals surface area contributed by atoms with Gasteiger partial charge in [-0.25, -0.2) is 8.78 Å². The van der Waals surface area contributed by atoms with Crippen molar-refractivity contribution in [1.29, 1.82) is 0 Å². The number of nitrogens with zero attached hydrogens (tertiary/aromatic N) is 1. The second-order valence-corrected chi connectivity index (χ2v) is 4.88. The third-order valence-corrected chi connectivity index (χ3v) is 3.07. The minimum atomic E-state index is -0.585. The normalized spacial score (nSPS) is 12.4. The number of nitrogens with two attached hydrogens (primary N) is 1. The molecular formula is C15H17F2N3. The Hall–Kier alpha value is -1.85. The van der Waals surface area contributed by atoms with Crippen LogP contribution in [0.2, 0.25) is 0 Å². The van der Waals surface area contributed by atoms with E-state index in [1.165, 1.54) is 12.1 Å². The highest BCUT2D eigenvalue weighted by Crippen LogP contribution is 2.20. The fraction of sp³-hybridized carbons (Fsp3) is 0.267. The molecule has 1 heterocycles. The zero-order valence-electron chi connectivity index (χ0n) is 11.5. The summed E-state index contributed by atoms with van der Waals surface area (Å²) in [5.74, 6) is 4.40. The number of halogens is 2. The highest BCUT2D eigenvalue weighted by atomic mass is 19.1. The summed E-state index contributed by atoms with van der Waals surface area (Å²) < 4.78 is 26.4. The third-order valence-electron chi connectivity index (χ3n) is 3.07. The molecule has 0 amide bonds. The molecule has 1 atom stereocenters. The lowest BCUT2D eigenvalue weighted by Gasteiger charge is -2.17. The lowest BCUT2D eigenvalue weighted by molar-refractivity contribution is 0.539. The third kappa shape index (κ3) is 3.59. The van der Waals surface area contributed by atoms with E-state index in [0.29, 0.717) is 12.0 Å². The van der Waals surface area contributed by atoms with Gasteiger partial charge >= 0.3 is 0 Å². The first kappa shape index (κ1) is 14.6. The highest BCUT2D eigenvalue weighted by Gasteiger charge is 2.13. The molecule has 0 spiro atoms. The molecule has 1 aromatic heterocycles. The van der Waals surface area contributed by atoms with Crippen LogP contribution in [0, 0.1) is 25.5 Å². The van der Waals surface area contributed by atoms with Gasteiger partial charge in [-0.15, -0.1) is 0 Å². The number of aromatic nitrogens is 1.